The van der Waals surface area contributed by atoms with Crippen LogP contribution in [0.2, 0.25) is 0 Å². The van der Waals surface area contributed by atoms with E-state index in [4.69, 9.17) is 9.40 Å². The summed E-state index contributed by atoms with van der Waals surface area (Å²) in [5.74, 6) is 0.649. The number of thiophene rings is 1. The molecule has 0 atom stereocenters. The highest BCUT2D eigenvalue weighted by Crippen LogP contribution is 2.44. The van der Waals surface area contributed by atoms with Gasteiger partial charge in [-0.3, -0.25) is 0 Å². The second-order valence-electron chi connectivity index (χ2n) is 12.8. The standard InChI is InChI=1S/C47H30N2OS/c1-2-11-31(12-3-1)34-15-8-17-37(28-34)49(38-18-9-16-35(29-38)36-24-23-32-13-4-5-14-33(32)27-36)39-25-26-40-45(30-39)51-44-22-10-19-41(46(40)44)47-48-42-20-6-7-21-43(42)50-47/h1-30H. The predicted molar refractivity (Wildman–Crippen MR) is 215 cm³/mol. The molecular formula is C47H30N2OS. The van der Waals surface area contributed by atoms with E-state index in [0.717, 1.165) is 33.7 Å². The maximum absolute atomic E-state index is 6.26. The first-order valence-electron chi connectivity index (χ1n) is 17.1. The molecule has 0 aliphatic rings. The van der Waals surface area contributed by atoms with E-state index in [1.165, 1.54) is 53.2 Å². The first kappa shape index (κ1) is 29.4. The van der Waals surface area contributed by atoms with Crippen LogP contribution in [0.1, 0.15) is 0 Å². The van der Waals surface area contributed by atoms with Gasteiger partial charge in [0.2, 0.25) is 5.89 Å². The number of rotatable bonds is 6. The fourth-order valence-electron chi connectivity index (χ4n) is 7.21. The molecule has 10 rings (SSSR count). The van der Waals surface area contributed by atoms with E-state index in [1.54, 1.807) is 11.3 Å². The summed E-state index contributed by atoms with van der Waals surface area (Å²) in [6.07, 6.45) is 0. The summed E-state index contributed by atoms with van der Waals surface area (Å²) in [6.45, 7) is 0. The molecule has 240 valence electrons. The van der Waals surface area contributed by atoms with Crippen LogP contribution in [0.4, 0.5) is 17.1 Å². The predicted octanol–water partition coefficient (Wildman–Crippen LogP) is 13.8. The Kier molecular flexibility index (Phi) is 7.00. The monoisotopic (exact) mass is 670 g/mol. The average Bonchev–Trinajstić information content (AvgIpc) is 3.80. The van der Waals surface area contributed by atoms with Gasteiger partial charge in [0.25, 0.3) is 0 Å². The van der Waals surface area contributed by atoms with Crippen molar-refractivity contribution in [3.05, 3.63) is 182 Å². The van der Waals surface area contributed by atoms with Gasteiger partial charge in [-0.1, -0.05) is 115 Å². The van der Waals surface area contributed by atoms with Crippen molar-refractivity contribution in [3.8, 4) is 33.7 Å². The summed E-state index contributed by atoms with van der Waals surface area (Å²) < 4.78 is 8.68. The van der Waals surface area contributed by atoms with Crippen molar-refractivity contribution in [1.82, 2.24) is 4.98 Å². The zero-order chi connectivity index (χ0) is 33.7. The highest BCUT2D eigenvalue weighted by Gasteiger charge is 2.19. The fourth-order valence-corrected chi connectivity index (χ4v) is 8.38. The van der Waals surface area contributed by atoms with Crippen molar-refractivity contribution in [2.75, 3.05) is 4.90 Å². The van der Waals surface area contributed by atoms with E-state index >= 15 is 0 Å². The fraction of sp³-hybridized carbons (Fsp3) is 0. The molecule has 0 spiro atoms. The van der Waals surface area contributed by atoms with E-state index in [1.807, 2.05) is 24.3 Å². The third kappa shape index (κ3) is 5.25. The number of para-hydroxylation sites is 2. The normalized spacial score (nSPS) is 11.5. The number of hydrogen-bond donors (Lipinski definition) is 0. The van der Waals surface area contributed by atoms with Gasteiger partial charge in [-0.25, -0.2) is 4.98 Å². The second-order valence-corrected chi connectivity index (χ2v) is 13.9. The lowest BCUT2D eigenvalue weighted by molar-refractivity contribution is 0.620. The molecule has 4 heteroatoms. The highest BCUT2D eigenvalue weighted by molar-refractivity contribution is 7.26. The van der Waals surface area contributed by atoms with Crippen LogP contribution in [0.15, 0.2) is 186 Å². The van der Waals surface area contributed by atoms with Crippen LogP contribution in [0, 0.1) is 0 Å². The number of benzene rings is 8. The first-order valence-corrected chi connectivity index (χ1v) is 17.9. The number of oxazole rings is 1. The third-order valence-electron chi connectivity index (χ3n) is 9.66. The third-order valence-corrected chi connectivity index (χ3v) is 10.8. The topological polar surface area (TPSA) is 29.3 Å². The lowest BCUT2D eigenvalue weighted by atomic mass is 10.00. The summed E-state index contributed by atoms with van der Waals surface area (Å²) in [5.41, 5.74) is 10.7. The molecule has 0 fully saturated rings. The highest BCUT2D eigenvalue weighted by atomic mass is 32.1. The Morgan fingerprint density at radius 3 is 1.94 bits per heavy atom. The van der Waals surface area contributed by atoms with Gasteiger partial charge in [-0.2, -0.15) is 0 Å². The average molecular weight is 671 g/mol. The van der Waals surface area contributed by atoms with Crippen molar-refractivity contribution in [2.45, 2.75) is 0 Å². The molecule has 2 aromatic heterocycles. The number of hydrogen-bond acceptors (Lipinski definition) is 4. The Bertz CT molecular complexity index is 2850. The van der Waals surface area contributed by atoms with E-state index < -0.39 is 0 Å². The van der Waals surface area contributed by atoms with Gasteiger partial charge in [0, 0.05) is 42.8 Å². The summed E-state index contributed by atoms with van der Waals surface area (Å²) in [4.78, 5) is 7.23. The Morgan fingerprint density at radius 2 is 1.12 bits per heavy atom. The molecule has 3 nitrogen and oxygen atoms in total. The molecule has 0 aliphatic carbocycles. The minimum atomic E-state index is 0.649. The van der Waals surface area contributed by atoms with Crippen LogP contribution in [-0.4, -0.2) is 4.98 Å². The largest absolute Gasteiger partial charge is 0.436 e. The molecule has 10 aromatic rings. The second kappa shape index (κ2) is 12.1. The van der Waals surface area contributed by atoms with E-state index in [9.17, 15) is 0 Å². The van der Waals surface area contributed by atoms with Gasteiger partial charge in [0.1, 0.15) is 5.52 Å². The summed E-state index contributed by atoms with van der Waals surface area (Å²) >= 11 is 1.80. The van der Waals surface area contributed by atoms with E-state index in [-0.39, 0.29) is 0 Å². The van der Waals surface area contributed by atoms with Crippen LogP contribution in [0.5, 0.6) is 0 Å². The van der Waals surface area contributed by atoms with Crippen molar-refractivity contribution in [3.63, 3.8) is 0 Å². The van der Waals surface area contributed by atoms with Gasteiger partial charge < -0.3 is 9.32 Å². The molecular weight excluding hydrogens is 641 g/mol. The molecule has 8 aromatic carbocycles. The molecule has 0 bridgehead atoms. The van der Waals surface area contributed by atoms with Crippen molar-refractivity contribution >= 4 is 70.4 Å². The molecule has 0 saturated carbocycles. The smallest absolute Gasteiger partial charge is 0.227 e. The molecule has 0 radical (unpaired) electrons. The maximum Gasteiger partial charge on any atom is 0.227 e. The SMILES string of the molecule is c1ccc(-c2cccc(N(c3cccc(-c4ccc5ccccc5c4)c3)c3ccc4c(c3)sc3cccc(-c5nc6ccccc6o5)c34)c2)cc1. The number of nitrogens with zero attached hydrogens (tertiary/aromatic N) is 2. The number of anilines is 3. The van der Waals surface area contributed by atoms with Crippen molar-refractivity contribution in [2.24, 2.45) is 0 Å². The van der Waals surface area contributed by atoms with E-state index in [0.29, 0.717) is 5.89 Å². The number of fused-ring (bicyclic) bond motifs is 5. The van der Waals surface area contributed by atoms with Gasteiger partial charge in [-0.05, 0) is 99.8 Å². The van der Waals surface area contributed by atoms with Gasteiger partial charge in [0.05, 0.1) is 0 Å². The van der Waals surface area contributed by atoms with Gasteiger partial charge in [-0.15, -0.1) is 11.3 Å². The molecule has 0 unspecified atom stereocenters. The van der Waals surface area contributed by atoms with Crippen LogP contribution >= 0.6 is 11.3 Å². The molecule has 0 aliphatic heterocycles. The Labute approximate surface area is 299 Å². The summed E-state index contributed by atoms with van der Waals surface area (Å²) in [5, 5.41) is 4.85. The lowest BCUT2D eigenvalue weighted by Crippen LogP contribution is -2.10. The first-order chi connectivity index (χ1) is 25.2. The van der Waals surface area contributed by atoms with Crippen LogP contribution < -0.4 is 4.90 Å². The van der Waals surface area contributed by atoms with Gasteiger partial charge >= 0.3 is 0 Å². The Balaban J connectivity index is 1.14. The Hall–Kier alpha value is -6.49. The van der Waals surface area contributed by atoms with Crippen molar-refractivity contribution < 1.29 is 4.42 Å². The molecule has 51 heavy (non-hydrogen) atoms. The van der Waals surface area contributed by atoms with Crippen molar-refractivity contribution in [1.29, 1.82) is 0 Å². The van der Waals surface area contributed by atoms with Crippen LogP contribution in [-0.2, 0) is 0 Å². The summed E-state index contributed by atoms with van der Waals surface area (Å²) in [7, 11) is 0. The van der Waals surface area contributed by atoms with Crippen LogP contribution in [0.25, 0.3) is 75.8 Å². The number of aromatic nitrogens is 1. The zero-order valence-corrected chi connectivity index (χ0v) is 28.3. The minimum Gasteiger partial charge on any atom is -0.436 e. The zero-order valence-electron chi connectivity index (χ0n) is 27.5. The summed E-state index contributed by atoms with van der Waals surface area (Å²) in [6, 6.07) is 64.8. The molecule has 0 N–H and O–H groups in total. The minimum absolute atomic E-state index is 0.649. The maximum atomic E-state index is 6.26. The Morgan fingerprint density at radius 1 is 0.451 bits per heavy atom. The van der Waals surface area contributed by atoms with E-state index in [2.05, 4.69) is 163 Å². The quantitative estimate of drug-likeness (QED) is 0.176. The lowest BCUT2D eigenvalue weighted by Gasteiger charge is -2.26. The van der Waals surface area contributed by atoms with Crippen LogP contribution in [0.3, 0.4) is 0 Å². The molecule has 0 amide bonds. The molecule has 0 saturated heterocycles. The van der Waals surface area contributed by atoms with Gasteiger partial charge in [0.15, 0.2) is 5.58 Å². The molecule has 2 heterocycles.